The van der Waals surface area contributed by atoms with Gasteiger partial charge in [-0.15, -0.1) is 0 Å². The Bertz CT molecular complexity index is 1050. The monoisotopic (exact) mass is 476 g/mol. The van der Waals surface area contributed by atoms with Crippen molar-refractivity contribution >= 4 is 23.4 Å². The zero-order valence-corrected chi connectivity index (χ0v) is 19.0. The van der Waals surface area contributed by atoms with Crippen molar-refractivity contribution in [3.8, 4) is 0 Å². The fourth-order valence-corrected chi connectivity index (χ4v) is 3.68. The van der Waals surface area contributed by atoms with Crippen LogP contribution >= 0.6 is 0 Å². The normalized spacial score (nSPS) is 15.0. The minimum atomic E-state index is -1.69. The Hall–Kier alpha value is -3.40. The minimum absolute atomic E-state index is 0.0551. The number of hydrogen-bond acceptors (Lipinski definition) is 4. The zero-order chi connectivity index (χ0) is 24.8. The number of carbonyl (C=O) groups excluding carboxylic acids is 3. The Morgan fingerprint density at radius 1 is 0.941 bits per heavy atom. The summed E-state index contributed by atoms with van der Waals surface area (Å²) in [4.78, 5) is 40.8. The van der Waals surface area contributed by atoms with Gasteiger partial charge in [0.1, 0.15) is 0 Å². The highest BCUT2D eigenvalue weighted by Gasteiger charge is 2.28. The second-order valence-electron chi connectivity index (χ2n) is 8.04. The number of anilines is 1. The van der Waals surface area contributed by atoms with Gasteiger partial charge in [0.05, 0.1) is 18.3 Å². The third-order valence-electron chi connectivity index (χ3n) is 5.87. The predicted molar refractivity (Wildman–Crippen MR) is 121 cm³/mol. The molecule has 0 saturated carbocycles. The lowest BCUT2D eigenvalue weighted by Crippen LogP contribution is -2.55. The molecule has 0 spiro atoms. The number of carbonyl (C=O) groups is 3. The van der Waals surface area contributed by atoms with Crippen molar-refractivity contribution in [2.24, 2.45) is 0 Å². The molecule has 3 amide bonds. The Morgan fingerprint density at radius 2 is 1.59 bits per heavy atom. The van der Waals surface area contributed by atoms with Crippen molar-refractivity contribution in [1.29, 1.82) is 0 Å². The molecule has 2 N–H and O–H groups in total. The quantitative estimate of drug-likeness (QED) is 0.602. The SMILES string of the molecule is CCc1ccc(C(=O)N2CCN(C(C)C(=O)NCC(=O)Nc3ccc(F)c(F)c3F)CC2)cc1. The molecule has 2 aromatic rings. The van der Waals surface area contributed by atoms with Crippen LogP contribution in [-0.4, -0.2) is 66.3 Å². The Morgan fingerprint density at radius 3 is 2.21 bits per heavy atom. The number of aryl methyl sites for hydroxylation is 1. The highest BCUT2D eigenvalue weighted by Crippen LogP contribution is 2.19. The smallest absolute Gasteiger partial charge is 0.253 e. The molecule has 10 heteroatoms. The van der Waals surface area contributed by atoms with Crippen LogP contribution in [-0.2, 0) is 16.0 Å². The van der Waals surface area contributed by atoms with E-state index in [0.717, 1.165) is 18.1 Å². The van der Waals surface area contributed by atoms with E-state index in [0.29, 0.717) is 37.8 Å². The second-order valence-corrected chi connectivity index (χ2v) is 8.04. The largest absolute Gasteiger partial charge is 0.346 e. The van der Waals surface area contributed by atoms with Crippen molar-refractivity contribution in [3.63, 3.8) is 0 Å². The Balaban J connectivity index is 1.45. The number of halogens is 3. The highest BCUT2D eigenvalue weighted by atomic mass is 19.2. The molecule has 182 valence electrons. The molecule has 2 aromatic carbocycles. The second kappa shape index (κ2) is 11.1. The van der Waals surface area contributed by atoms with E-state index in [1.165, 1.54) is 0 Å². The van der Waals surface area contributed by atoms with Crippen LogP contribution in [0, 0.1) is 17.5 Å². The van der Waals surface area contributed by atoms with Crippen molar-refractivity contribution in [2.45, 2.75) is 26.3 Å². The third-order valence-corrected chi connectivity index (χ3v) is 5.87. The maximum atomic E-state index is 13.7. The molecule has 1 heterocycles. The Kier molecular flexibility index (Phi) is 8.27. The molecule has 0 bridgehead atoms. The maximum Gasteiger partial charge on any atom is 0.253 e. The number of rotatable bonds is 7. The van der Waals surface area contributed by atoms with E-state index < -0.39 is 47.5 Å². The molecule has 0 radical (unpaired) electrons. The maximum absolute atomic E-state index is 13.7. The standard InChI is InChI=1S/C24H27F3N4O3/c1-3-16-4-6-17(7-5-16)24(34)31-12-10-30(11-13-31)15(2)23(33)28-14-20(32)29-19-9-8-18(25)21(26)22(19)27/h4-9,15H,3,10-14H2,1-2H3,(H,28,33)(H,29,32). The average molecular weight is 476 g/mol. The summed E-state index contributed by atoms with van der Waals surface area (Å²) in [6, 6.07) is 8.55. The summed E-state index contributed by atoms with van der Waals surface area (Å²) >= 11 is 0. The molecular formula is C24H27F3N4O3. The van der Waals surface area contributed by atoms with E-state index >= 15 is 0 Å². The summed E-state index contributed by atoms with van der Waals surface area (Å²) in [7, 11) is 0. The summed E-state index contributed by atoms with van der Waals surface area (Å²) < 4.78 is 39.9. The van der Waals surface area contributed by atoms with Gasteiger partial charge >= 0.3 is 0 Å². The van der Waals surface area contributed by atoms with E-state index in [1.54, 1.807) is 11.8 Å². The number of nitrogens with zero attached hydrogens (tertiary/aromatic N) is 2. The molecular weight excluding hydrogens is 449 g/mol. The molecule has 0 aliphatic carbocycles. The summed E-state index contributed by atoms with van der Waals surface area (Å²) in [6.45, 7) is 5.16. The lowest BCUT2D eigenvalue weighted by atomic mass is 10.1. The van der Waals surface area contributed by atoms with Gasteiger partial charge in [-0.2, -0.15) is 0 Å². The topological polar surface area (TPSA) is 81.8 Å². The number of nitrogens with one attached hydrogen (secondary N) is 2. The predicted octanol–water partition coefficient (Wildman–Crippen LogP) is 2.57. The van der Waals surface area contributed by atoms with Crippen LogP contribution in [0.2, 0.25) is 0 Å². The van der Waals surface area contributed by atoms with E-state index in [1.807, 2.05) is 36.1 Å². The van der Waals surface area contributed by atoms with Crippen molar-refractivity contribution in [2.75, 3.05) is 38.0 Å². The van der Waals surface area contributed by atoms with E-state index in [4.69, 9.17) is 0 Å². The molecule has 7 nitrogen and oxygen atoms in total. The van der Waals surface area contributed by atoms with Crippen LogP contribution in [0.15, 0.2) is 36.4 Å². The van der Waals surface area contributed by atoms with Gasteiger partial charge in [-0.3, -0.25) is 19.3 Å². The molecule has 0 aromatic heterocycles. The molecule has 3 rings (SSSR count). The number of amides is 3. The van der Waals surface area contributed by atoms with Crippen molar-refractivity contribution < 1.29 is 27.6 Å². The minimum Gasteiger partial charge on any atom is -0.346 e. The summed E-state index contributed by atoms with van der Waals surface area (Å²) in [5.74, 6) is -5.83. The van der Waals surface area contributed by atoms with E-state index in [2.05, 4.69) is 10.6 Å². The van der Waals surface area contributed by atoms with Gasteiger partial charge in [-0.05, 0) is 43.2 Å². The lowest BCUT2D eigenvalue weighted by molar-refractivity contribution is -0.128. The third kappa shape index (κ3) is 5.93. The molecule has 1 saturated heterocycles. The van der Waals surface area contributed by atoms with Gasteiger partial charge in [-0.1, -0.05) is 19.1 Å². The fourth-order valence-electron chi connectivity index (χ4n) is 3.68. The average Bonchev–Trinajstić information content (AvgIpc) is 2.87. The zero-order valence-electron chi connectivity index (χ0n) is 19.0. The molecule has 1 unspecified atom stereocenters. The van der Waals surface area contributed by atoms with Crippen molar-refractivity contribution in [3.05, 3.63) is 65.0 Å². The Labute approximate surface area is 195 Å². The van der Waals surface area contributed by atoms with Crippen LogP contribution in [0.3, 0.4) is 0 Å². The first-order valence-corrected chi connectivity index (χ1v) is 11.0. The lowest BCUT2D eigenvalue weighted by Gasteiger charge is -2.37. The molecule has 34 heavy (non-hydrogen) atoms. The van der Waals surface area contributed by atoms with Gasteiger partial charge in [0, 0.05) is 31.7 Å². The van der Waals surface area contributed by atoms with Crippen LogP contribution in [0.1, 0.15) is 29.8 Å². The first-order chi connectivity index (χ1) is 16.2. The van der Waals surface area contributed by atoms with Crippen LogP contribution in [0.4, 0.5) is 18.9 Å². The summed E-state index contributed by atoms with van der Waals surface area (Å²) in [6.07, 6.45) is 0.899. The molecule has 1 fully saturated rings. The van der Waals surface area contributed by atoms with Crippen LogP contribution in [0.5, 0.6) is 0 Å². The number of benzene rings is 2. The fraction of sp³-hybridized carbons (Fsp3) is 0.375. The van der Waals surface area contributed by atoms with Gasteiger partial charge in [-0.25, -0.2) is 13.2 Å². The van der Waals surface area contributed by atoms with Gasteiger partial charge in [0.2, 0.25) is 11.8 Å². The van der Waals surface area contributed by atoms with Gasteiger partial charge in [0.15, 0.2) is 17.5 Å². The van der Waals surface area contributed by atoms with Crippen molar-refractivity contribution in [1.82, 2.24) is 15.1 Å². The summed E-state index contributed by atoms with van der Waals surface area (Å²) in [5, 5.41) is 4.55. The molecule has 1 aliphatic rings. The van der Waals surface area contributed by atoms with Gasteiger partial charge in [0.25, 0.3) is 5.91 Å². The van der Waals surface area contributed by atoms with E-state index in [9.17, 15) is 27.6 Å². The number of hydrogen-bond donors (Lipinski definition) is 2. The summed E-state index contributed by atoms with van der Waals surface area (Å²) in [5.41, 5.74) is 1.26. The number of piperazine rings is 1. The first-order valence-electron chi connectivity index (χ1n) is 11.0. The van der Waals surface area contributed by atoms with E-state index in [-0.39, 0.29) is 5.91 Å². The molecule has 1 aliphatic heterocycles. The molecule has 1 atom stereocenters. The van der Waals surface area contributed by atoms with Crippen LogP contribution < -0.4 is 10.6 Å². The first kappa shape index (κ1) is 25.2. The van der Waals surface area contributed by atoms with Gasteiger partial charge < -0.3 is 15.5 Å². The highest BCUT2D eigenvalue weighted by molar-refractivity contribution is 5.95. The van der Waals surface area contributed by atoms with Crippen LogP contribution in [0.25, 0.3) is 0 Å².